The topological polar surface area (TPSA) is 98.1 Å². The first-order chi connectivity index (χ1) is 9.40. The maximum absolute atomic E-state index is 11.4. The predicted octanol–water partition coefficient (Wildman–Crippen LogP) is 3.38. The molecule has 10 heteroatoms. The fourth-order valence-electron chi connectivity index (χ4n) is 1.28. The van der Waals surface area contributed by atoms with Gasteiger partial charge in [0.15, 0.2) is 5.75 Å². The molecule has 0 aliphatic heterocycles. The van der Waals surface area contributed by atoms with Crippen LogP contribution in [0.3, 0.4) is 0 Å². The average Bonchev–Trinajstić information content (AvgIpc) is 2.38. The number of nitro groups is 1. The summed E-state index contributed by atoms with van der Waals surface area (Å²) in [6.07, 6.45) is 1.16. The van der Waals surface area contributed by atoms with E-state index >= 15 is 0 Å². The van der Waals surface area contributed by atoms with Crippen LogP contribution in [0.4, 0.5) is 5.69 Å². The summed E-state index contributed by atoms with van der Waals surface area (Å²) >= 11 is 13.5. The van der Waals surface area contributed by atoms with Crippen LogP contribution in [0.15, 0.2) is 23.3 Å². The Morgan fingerprint density at radius 2 is 1.95 bits per heavy atom. The van der Waals surface area contributed by atoms with Gasteiger partial charge < -0.3 is 9.72 Å². The van der Waals surface area contributed by atoms with Crippen molar-refractivity contribution in [1.82, 2.24) is 9.97 Å². The number of halogens is 3. The molecule has 0 aliphatic carbocycles. The van der Waals surface area contributed by atoms with Gasteiger partial charge in [0.05, 0.1) is 21.3 Å². The highest BCUT2D eigenvalue weighted by Crippen LogP contribution is 2.39. The summed E-state index contributed by atoms with van der Waals surface area (Å²) in [4.78, 5) is 27.6. The highest BCUT2D eigenvalue weighted by Gasteiger charge is 2.18. The molecule has 1 heterocycles. The van der Waals surface area contributed by atoms with Gasteiger partial charge in [0.1, 0.15) is 3.57 Å². The third-order valence-corrected chi connectivity index (χ3v) is 3.67. The summed E-state index contributed by atoms with van der Waals surface area (Å²) in [5.41, 5.74) is -0.648. The van der Waals surface area contributed by atoms with Crippen molar-refractivity contribution in [2.45, 2.75) is 0 Å². The fourth-order valence-corrected chi connectivity index (χ4v) is 2.24. The molecule has 0 spiro atoms. The maximum atomic E-state index is 11.4. The molecular weight excluding hydrogens is 424 g/mol. The van der Waals surface area contributed by atoms with Crippen molar-refractivity contribution in [3.05, 3.63) is 52.5 Å². The lowest BCUT2D eigenvalue weighted by molar-refractivity contribution is -0.384. The van der Waals surface area contributed by atoms with Gasteiger partial charge in [-0.1, -0.05) is 23.2 Å². The zero-order chi connectivity index (χ0) is 14.9. The van der Waals surface area contributed by atoms with Gasteiger partial charge in [-0.15, -0.1) is 0 Å². The Balaban J connectivity index is 2.47. The molecule has 2 rings (SSSR count). The Hall–Kier alpha value is -1.39. The lowest BCUT2D eigenvalue weighted by Crippen LogP contribution is -2.11. The van der Waals surface area contributed by atoms with E-state index in [4.69, 9.17) is 27.9 Å². The van der Waals surface area contributed by atoms with E-state index in [0.29, 0.717) is 0 Å². The van der Waals surface area contributed by atoms with Crippen molar-refractivity contribution in [3.63, 3.8) is 0 Å². The van der Waals surface area contributed by atoms with Crippen LogP contribution in [0.25, 0.3) is 0 Å². The molecule has 20 heavy (non-hydrogen) atoms. The monoisotopic (exact) mass is 427 g/mol. The number of hydrogen-bond donors (Lipinski definition) is 1. The Bertz CT molecular complexity index is 727. The van der Waals surface area contributed by atoms with Gasteiger partial charge in [0.2, 0.25) is 5.88 Å². The smallest absolute Gasteiger partial charge is 0.272 e. The number of hydrogen-bond acceptors (Lipinski definition) is 5. The molecule has 0 fully saturated rings. The van der Waals surface area contributed by atoms with Gasteiger partial charge in [0.25, 0.3) is 11.2 Å². The average molecular weight is 428 g/mol. The molecule has 0 bridgehead atoms. The van der Waals surface area contributed by atoms with Crippen molar-refractivity contribution in [3.8, 4) is 11.6 Å². The zero-order valence-corrected chi connectivity index (χ0v) is 13.1. The minimum absolute atomic E-state index is 0.00468. The van der Waals surface area contributed by atoms with Crippen LogP contribution < -0.4 is 10.3 Å². The largest absolute Gasteiger partial charge is 0.435 e. The molecule has 0 amide bonds. The minimum atomic E-state index is -0.628. The van der Waals surface area contributed by atoms with Crippen LogP contribution in [0.2, 0.25) is 10.0 Å². The molecule has 0 unspecified atom stereocenters. The highest BCUT2D eigenvalue weighted by molar-refractivity contribution is 14.1. The van der Waals surface area contributed by atoms with Crippen molar-refractivity contribution in [2.24, 2.45) is 0 Å². The van der Waals surface area contributed by atoms with E-state index in [1.807, 2.05) is 0 Å². The standard InChI is InChI=1S/C10H4Cl2IN3O4/c11-5-1-4(16(18)19)2-6(12)8(5)20-10-7(13)9(17)14-3-15-10/h1-3H,(H,14,15,17). The van der Waals surface area contributed by atoms with E-state index in [1.54, 1.807) is 22.6 Å². The Labute approximate surface area is 135 Å². The number of aromatic amines is 1. The molecule has 0 saturated heterocycles. The second-order valence-electron chi connectivity index (χ2n) is 3.45. The Morgan fingerprint density at radius 3 is 2.50 bits per heavy atom. The van der Waals surface area contributed by atoms with Crippen molar-refractivity contribution in [1.29, 1.82) is 0 Å². The second-order valence-corrected chi connectivity index (χ2v) is 5.34. The number of benzene rings is 1. The van der Waals surface area contributed by atoms with Crippen LogP contribution >= 0.6 is 45.8 Å². The van der Waals surface area contributed by atoms with Crippen LogP contribution in [0, 0.1) is 13.7 Å². The molecule has 2 aromatic rings. The number of non-ortho nitro benzene ring substituents is 1. The maximum Gasteiger partial charge on any atom is 0.272 e. The fraction of sp³-hybridized carbons (Fsp3) is 0. The second kappa shape index (κ2) is 5.94. The molecule has 0 radical (unpaired) electrons. The Kier molecular flexibility index (Phi) is 4.45. The number of nitro benzene ring substituents is 1. The molecule has 7 nitrogen and oxygen atoms in total. The van der Waals surface area contributed by atoms with Gasteiger partial charge in [-0.3, -0.25) is 14.9 Å². The normalized spacial score (nSPS) is 10.3. The van der Waals surface area contributed by atoms with E-state index in [1.165, 1.54) is 0 Å². The summed E-state index contributed by atoms with van der Waals surface area (Å²) in [5, 5.41) is 10.6. The quantitative estimate of drug-likeness (QED) is 0.460. The van der Waals surface area contributed by atoms with Gasteiger partial charge in [-0.05, 0) is 22.6 Å². The summed E-state index contributed by atoms with van der Waals surface area (Å²) in [6.45, 7) is 0. The van der Waals surface area contributed by atoms with Crippen molar-refractivity contribution in [2.75, 3.05) is 0 Å². The van der Waals surface area contributed by atoms with Crippen LogP contribution in [-0.4, -0.2) is 14.9 Å². The molecular formula is C10H4Cl2IN3O4. The van der Waals surface area contributed by atoms with Gasteiger partial charge >= 0.3 is 0 Å². The number of nitrogens with zero attached hydrogens (tertiary/aromatic N) is 2. The Morgan fingerprint density at radius 1 is 1.35 bits per heavy atom. The van der Waals surface area contributed by atoms with E-state index < -0.39 is 4.92 Å². The molecule has 1 N–H and O–H groups in total. The third kappa shape index (κ3) is 3.02. The number of aromatic nitrogens is 2. The van der Waals surface area contributed by atoms with E-state index in [9.17, 15) is 14.9 Å². The minimum Gasteiger partial charge on any atom is -0.435 e. The van der Waals surface area contributed by atoms with Gasteiger partial charge in [0, 0.05) is 12.1 Å². The first-order valence-corrected chi connectivity index (χ1v) is 6.78. The highest BCUT2D eigenvalue weighted by atomic mass is 127. The summed E-state index contributed by atoms with van der Waals surface area (Å²) in [5.74, 6) is 0.00181. The molecule has 0 saturated carbocycles. The molecule has 104 valence electrons. The van der Waals surface area contributed by atoms with Crippen LogP contribution in [-0.2, 0) is 0 Å². The summed E-state index contributed by atoms with van der Waals surface area (Å²) in [6, 6.07) is 2.20. The number of ether oxygens (including phenoxy) is 1. The van der Waals surface area contributed by atoms with E-state index in [2.05, 4.69) is 9.97 Å². The lowest BCUT2D eigenvalue weighted by Gasteiger charge is -2.09. The van der Waals surface area contributed by atoms with Crippen LogP contribution in [0.5, 0.6) is 11.6 Å². The van der Waals surface area contributed by atoms with Crippen LogP contribution in [0.1, 0.15) is 0 Å². The first kappa shape index (κ1) is 15.0. The third-order valence-electron chi connectivity index (χ3n) is 2.16. The number of nitrogens with one attached hydrogen (secondary N) is 1. The summed E-state index contributed by atoms with van der Waals surface area (Å²) < 4.78 is 5.57. The molecule has 0 aliphatic rings. The van der Waals surface area contributed by atoms with Crippen molar-refractivity contribution >= 4 is 51.5 Å². The van der Waals surface area contributed by atoms with E-state index in [-0.39, 0.29) is 36.5 Å². The van der Waals surface area contributed by atoms with Gasteiger partial charge in [-0.25, -0.2) is 4.98 Å². The lowest BCUT2D eigenvalue weighted by atomic mass is 10.3. The number of H-pyrrole nitrogens is 1. The number of rotatable bonds is 3. The SMILES string of the molecule is O=c1[nH]cnc(Oc2c(Cl)cc([N+](=O)[O-])cc2Cl)c1I. The summed E-state index contributed by atoms with van der Waals surface area (Å²) in [7, 11) is 0. The first-order valence-electron chi connectivity index (χ1n) is 4.94. The van der Waals surface area contributed by atoms with Gasteiger partial charge in [-0.2, -0.15) is 0 Å². The molecule has 1 aromatic heterocycles. The van der Waals surface area contributed by atoms with E-state index in [0.717, 1.165) is 18.5 Å². The predicted molar refractivity (Wildman–Crippen MR) is 80.8 cm³/mol. The zero-order valence-electron chi connectivity index (χ0n) is 9.39. The van der Waals surface area contributed by atoms with Crippen molar-refractivity contribution < 1.29 is 9.66 Å². The molecule has 1 aromatic carbocycles. The molecule has 0 atom stereocenters.